The van der Waals surface area contributed by atoms with Gasteiger partial charge < -0.3 is 9.73 Å². The Bertz CT molecular complexity index is 270. The quantitative estimate of drug-likeness (QED) is 0.844. The molecule has 1 unspecified atom stereocenters. The van der Waals surface area contributed by atoms with Crippen LogP contribution in [0.3, 0.4) is 0 Å². The predicted octanol–water partition coefficient (Wildman–Crippen LogP) is 1.59. The average molecular weight is 226 g/mol. The minimum absolute atomic E-state index is 0.394. The zero-order valence-electron chi connectivity index (χ0n) is 9.11. The number of likely N-dealkylation sites (N-methyl/N-ethyl adjacent to an activating group) is 1. The highest BCUT2D eigenvalue weighted by Gasteiger charge is 2.23. The molecule has 2 rings (SSSR count). The number of hydrogen-bond acceptors (Lipinski definition) is 4. The Balaban J connectivity index is 2.04. The number of nitrogens with zero attached hydrogens (tertiary/aromatic N) is 1. The van der Waals surface area contributed by atoms with E-state index in [2.05, 4.69) is 16.3 Å². The van der Waals surface area contributed by atoms with Crippen molar-refractivity contribution in [2.75, 3.05) is 38.2 Å². The van der Waals surface area contributed by atoms with E-state index >= 15 is 0 Å². The molecule has 0 aliphatic carbocycles. The number of hydrogen-bond donors (Lipinski definition) is 1. The zero-order valence-corrected chi connectivity index (χ0v) is 9.93. The summed E-state index contributed by atoms with van der Waals surface area (Å²) in [4.78, 5) is 2.51. The van der Waals surface area contributed by atoms with Crippen molar-refractivity contribution in [3.8, 4) is 0 Å². The number of thioether (sulfide) groups is 1. The van der Waals surface area contributed by atoms with Crippen molar-refractivity contribution in [2.24, 2.45) is 0 Å². The molecule has 1 aromatic rings. The fraction of sp³-hybridized carbons (Fsp3) is 0.636. The van der Waals surface area contributed by atoms with Crippen molar-refractivity contribution in [1.29, 1.82) is 0 Å². The molecule has 1 fully saturated rings. The molecule has 1 saturated heterocycles. The maximum Gasteiger partial charge on any atom is 0.122 e. The molecule has 0 saturated carbocycles. The molecule has 1 aromatic heterocycles. The summed E-state index contributed by atoms with van der Waals surface area (Å²) >= 11 is 2.04. The number of rotatable bonds is 4. The second-order valence-electron chi connectivity index (χ2n) is 3.74. The summed E-state index contributed by atoms with van der Waals surface area (Å²) in [6, 6.07) is 4.44. The van der Waals surface area contributed by atoms with Crippen molar-refractivity contribution in [3.05, 3.63) is 24.2 Å². The summed E-state index contributed by atoms with van der Waals surface area (Å²) in [6.07, 6.45) is 1.76. The molecule has 4 heteroatoms. The highest BCUT2D eigenvalue weighted by Crippen LogP contribution is 2.23. The molecule has 0 amide bonds. The first-order valence-corrected chi connectivity index (χ1v) is 6.57. The Labute approximate surface area is 95.2 Å². The summed E-state index contributed by atoms with van der Waals surface area (Å²) in [5.41, 5.74) is 0. The van der Waals surface area contributed by atoms with Gasteiger partial charge in [0.05, 0.1) is 12.3 Å². The van der Waals surface area contributed by atoms with Gasteiger partial charge in [-0.2, -0.15) is 11.8 Å². The molecule has 1 aliphatic heterocycles. The van der Waals surface area contributed by atoms with Crippen LogP contribution in [-0.2, 0) is 0 Å². The van der Waals surface area contributed by atoms with Crippen LogP contribution in [0.4, 0.5) is 0 Å². The number of furan rings is 1. The third-order valence-corrected chi connectivity index (χ3v) is 3.70. The SMILES string of the molecule is CNCC(c1ccco1)N1CCSCC1. The molecule has 1 N–H and O–H groups in total. The highest BCUT2D eigenvalue weighted by molar-refractivity contribution is 7.99. The van der Waals surface area contributed by atoms with Crippen molar-refractivity contribution < 1.29 is 4.42 Å². The first kappa shape index (κ1) is 11.0. The summed E-state index contributed by atoms with van der Waals surface area (Å²) in [5, 5.41) is 3.24. The third-order valence-electron chi connectivity index (χ3n) is 2.76. The lowest BCUT2D eigenvalue weighted by molar-refractivity contribution is 0.190. The molecule has 84 valence electrons. The molecule has 0 spiro atoms. The average Bonchev–Trinajstić information content (AvgIpc) is 2.80. The summed E-state index contributed by atoms with van der Waals surface area (Å²) in [7, 11) is 1.99. The van der Waals surface area contributed by atoms with Gasteiger partial charge in [-0.05, 0) is 19.2 Å². The number of nitrogens with one attached hydrogen (secondary N) is 1. The molecule has 3 nitrogen and oxygen atoms in total. The molecule has 1 aliphatic rings. The van der Waals surface area contributed by atoms with Crippen LogP contribution in [0, 0.1) is 0 Å². The minimum atomic E-state index is 0.394. The molecule has 15 heavy (non-hydrogen) atoms. The normalized spacial score (nSPS) is 20.3. The van der Waals surface area contributed by atoms with Gasteiger partial charge in [-0.15, -0.1) is 0 Å². The second-order valence-corrected chi connectivity index (χ2v) is 4.96. The van der Waals surface area contributed by atoms with Crippen LogP contribution in [0.2, 0.25) is 0 Å². The Morgan fingerprint density at radius 2 is 2.33 bits per heavy atom. The molecule has 0 aromatic carbocycles. The van der Waals surface area contributed by atoms with Crippen molar-refractivity contribution in [2.45, 2.75) is 6.04 Å². The van der Waals surface area contributed by atoms with Crippen LogP contribution in [0.5, 0.6) is 0 Å². The van der Waals surface area contributed by atoms with Crippen LogP contribution in [0.1, 0.15) is 11.8 Å². The van der Waals surface area contributed by atoms with E-state index in [1.807, 2.05) is 24.9 Å². The molecule has 0 radical (unpaired) electrons. The van der Waals surface area contributed by atoms with Crippen molar-refractivity contribution in [3.63, 3.8) is 0 Å². The van der Waals surface area contributed by atoms with Gasteiger partial charge in [0.25, 0.3) is 0 Å². The highest BCUT2D eigenvalue weighted by atomic mass is 32.2. The van der Waals surface area contributed by atoms with E-state index in [9.17, 15) is 0 Å². The first-order chi connectivity index (χ1) is 7.42. The third kappa shape index (κ3) is 2.77. The molecule has 2 heterocycles. The molecule has 0 bridgehead atoms. The van der Waals surface area contributed by atoms with Crippen LogP contribution < -0.4 is 5.32 Å². The maximum atomic E-state index is 5.51. The van der Waals surface area contributed by atoms with Gasteiger partial charge in [-0.3, -0.25) is 4.90 Å². The Hall–Kier alpha value is -0.450. The van der Waals surface area contributed by atoms with Gasteiger partial charge in [0.1, 0.15) is 5.76 Å². The summed E-state index contributed by atoms with van der Waals surface area (Å²) < 4.78 is 5.51. The monoisotopic (exact) mass is 226 g/mol. The van der Waals surface area contributed by atoms with Crippen molar-refractivity contribution >= 4 is 11.8 Å². The lowest BCUT2D eigenvalue weighted by atomic mass is 10.2. The smallest absolute Gasteiger partial charge is 0.122 e. The zero-order chi connectivity index (χ0) is 10.5. The van der Waals surface area contributed by atoms with E-state index in [4.69, 9.17) is 4.42 Å². The van der Waals surface area contributed by atoms with Crippen LogP contribution in [-0.4, -0.2) is 43.1 Å². The predicted molar refractivity (Wildman–Crippen MR) is 64.3 cm³/mol. The first-order valence-electron chi connectivity index (χ1n) is 5.41. The topological polar surface area (TPSA) is 28.4 Å². The lowest BCUT2D eigenvalue weighted by Crippen LogP contribution is -2.39. The van der Waals surface area contributed by atoms with Gasteiger partial charge in [0.15, 0.2) is 0 Å². The van der Waals surface area contributed by atoms with Crippen LogP contribution in [0.25, 0.3) is 0 Å². The standard InChI is InChI=1S/C11H18N2OS/c1-12-9-10(11-3-2-6-14-11)13-4-7-15-8-5-13/h2-3,6,10,12H,4-5,7-9H2,1H3. The fourth-order valence-electron chi connectivity index (χ4n) is 1.97. The molecular formula is C11H18N2OS. The van der Waals surface area contributed by atoms with E-state index in [0.717, 1.165) is 25.4 Å². The van der Waals surface area contributed by atoms with E-state index in [0.29, 0.717) is 6.04 Å². The van der Waals surface area contributed by atoms with Crippen LogP contribution >= 0.6 is 11.8 Å². The second kappa shape index (κ2) is 5.58. The maximum absolute atomic E-state index is 5.51. The largest absolute Gasteiger partial charge is 0.468 e. The minimum Gasteiger partial charge on any atom is -0.468 e. The van der Waals surface area contributed by atoms with Crippen LogP contribution in [0.15, 0.2) is 22.8 Å². The summed E-state index contributed by atoms with van der Waals surface area (Å²) in [6.45, 7) is 3.29. The fourth-order valence-corrected chi connectivity index (χ4v) is 2.90. The van der Waals surface area contributed by atoms with Gasteiger partial charge in [0, 0.05) is 31.1 Å². The Kier molecular flexibility index (Phi) is 4.11. The van der Waals surface area contributed by atoms with E-state index in [-0.39, 0.29) is 0 Å². The Morgan fingerprint density at radius 1 is 1.53 bits per heavy atom. The van der Waals surface area contributed by atoms with E-state index < -0.39 is 0 Å². The molecular weight excluding hydrogens is 208 g/mol. The van der Waals surface area contributed by atoms with Gasteiger partial charge in [-0.1, -0.05) is 0 Å². The van der Waals surface area contributed by atoms with Crippen molar-refractivity contribution in [1.82, 2.24) is 10.2 Å². The van der Waals surface area contributed by atoms with Gasteiger partial charge in [-0.25, -0.2) is 0 Å². The van der Waals surface area contributed by atoms with E-state index in [1.54, 1.807) is 6.26 Å². The van der Waals surface area contributed by atoms with Gasteiger partial charge >= 0.3 is 0 Å². The Morgan fingerprint density at radius 3 is 2.93 bits per heavy atom. The van der Waals surface area contributed by atoms with E-state index in [1.165, 1.54) is 11.5 Å². The van der Waals surface area contributed by atoms with Gasteiger partial charge in [0.2, 0.25) is 0 Å². The lowest BCUT2D eigenvalue weighted by Gasteiger charge is -2.33. The molecule has 1 atom stereocenters. The summed E-state index contributed by atoms with van der Waals surface area (Å²) in [5.74, 6) is 3.55.